The lowest BCUT2D eigenvalue weighted by atomic mass is 9.74. The Morgan fingerprint density at radius 3 is 2.33 bits per heavy atom. The van der Waals surface area contributed by atoms with Crippen molar-refractivity contribution in [1.82, 2.24) is 9.78 Å². The van der Waals surface area contributed by atoms with Crippen molar-refractivity contribution in [3.8, 4) is 0 Å². The zero-order valence-corrected chi connectivity index (χ0v) is 12.1. The van der Waals surface area contributed by atoms with Gasteiger partial charge in [-0.05, 0) is 41.5 Å². The summed E-state index contributed by atoms with van der Waals surface area (Å²) >= 11 is 0. The van der Waals surface area contributed by atoms with E-state index in [2.05, 4.69) is 10.4 Å². The fourth-order valence-corrected chi connectivity index (χ4v) is 1.26. The Morgan fingerprint density at radius 2 is 1.94 bits per heavy atom. The van der Waals surface area contributed by atoms with Gasteiger partial charge in [0, 0.05) is 23.8 Å². The molecule has 0 aromatic carbocycles. The molecule has 1 aromatic rings. The minimum absolute atomic E-state index is 0.121. The third-order valence-electron chi connectivity index (χ3n) is 3.56. The number of anilines is 1. The lowest BCUT2D eigenvalue weighted by molar-refractivity contribution is -0.126. The predicted molar refractivity (Wildman–Crippen MR) is 73.3 cm³/mol. The Balaban J connectivity index is 2.82. The third-order valence-corrected chi connectivity index (χ3v) is 3.56. The molecule has 1 amide bonds. The van der Waals surface area contributed by atoms with E-state index >= 15 is 0 Å². The van der Waals surface area contributed by atoms with Gasteiger partial charge in [0.05, 0.1) is 5.41 Å². The molecular formula is C13H24N4O. The molecule has 0 aliphatic heterocycles. The molecule has 0 unspecified atom stereocenters. The number of nitrogens with two attached hydrogens (primary N) is 1. The van der Waals surface area contributed by atoms with Crippen molar-refractivity contribution in [2.75, 3.05) is 5.32 Å². The molecule has 3 N–H and O–H groups in total. The van der Waals surface area contributed by atoms with E-state index < -0.39 is 11.0 Å². The van der Waals surface area contributed by atoms with Crippen LogP contribution in [-0.4, -0.2) is 21.2 Å². The summed E-state index contributed by atoms with van der Waals surface area (Å²) in [6.07, 6.45) is 1.85. The van der Waals surface area contributed by atoms with Crippen LogP contribution < -0.4 is 11.1 Å². The monoisotopic (exact) mass is 252 g/mol. The normalized spacial score (nSPS) is 12.9. The van der Waals surface area contributed by atoms with Crippen LogP contribution in [0.5, 0.6) is 0 Å². The Bertz CT molecular complexity index is 426. The van der Waals surface area contributed by atoms with Crippen molar-refractivity contribution < 1.29 is 4.79 Å². The van der Waals surface area contributed by atoms with Gasteiger partial charge in [-0.3, -0.25) is 9.48 Å². The molecule has 18 heavy (non-hydrogen) atoms. The Kier molecular flexibility index (Phi) is 3.86. The molecule has 0 aliphatic carbocycles. The molecule has 0 bridgehead atoms. The number of rotatable bonds is 4. The number of amides is 1. The molecule has 0 saturated heterocycles. The Morgan fingerprint density at radius 1 is 1.39 bits per heavy atom. The van der Waals surface area contributed by atoms with Gasteiger partial charge in [0.15, 0.2) is 5.82 Å². The van der Waals surface area contributed by atoms with Crippen LogP contribution in [0.25, 0.3) is 0 Å². The highest BCUT2D eigenvalue weighted by molar-refractivity contribution is 5.94. The minimum atomic E-state index is -0.672. The summed E-state index contributed by atoms with van der Waals surface area (Å²) in [6, 6.07) is 2.06. The summed E-state index contributed by atoms with van der Waals surface area (Å²) in [5.74, 6) is 0.440. The van der Waals surface area contributed by atoms with Crippen LogP contribution in [0.3, 0.4) is 0 Å². The summed E-state index contributed by atoms with van der Waals surface area (Å²) in [6.45, 7) is 11.4. The van der Waals surface area contributed by atoms with E-state index in [-0.39, 0.29) is 11.9 Å². The van der Waals surface area contributed by atoms with Crippen molar-refractivity contribution in [3.63, 3.8) is 0 Å². The molecule has 1 heterocycles. The van der Waals surface area contributed by atoms with Crippen molar-refractivity contribution in [3.05, 3.63) is 12.3 Å². The number of hydrogen-bond donors (Lipinski definition) is 2. The van der Waals surface area contributed by atoms with Gasteiger partial charge in [-0.25, -0.2) is 0 Å². The lowest BCUT2D eigenvalue weighted by Crippen LogP contribution is -2.53. The highest BCUT2D eigenvalue weighted by Gasteiger charge is 2.40. The van der Waals surface area contributed by atoms with Crippen LogP contribution in [0, 0.1) is 5.41 Å². The molecule has 1 rings (SSSR count). The molecule has 5 nitrogen and oxygen atoms in total. The topological polar surface area (TPSA) is 72.9 Å². The van der Waals surface area contributed by atoms with Crippen molar-refractivity contribution in [1.29, 1.82) is 0 Å². The molecule has 5 heteroatoms. The first kappa shape index (κ1) is 14.7. The van der Waals surface area contributed by atoms with Crippen LogP contribution in [0.2, 0.25) is 0 Å². The number of nitrogens with one attached hydrogen (secondary N) is 1. The zero-order valence-electron chi connectivity index (χ0n) is 12.1. The van der Waals surface area contributed by atoms with Gasteiger partial charge in [-0.1, -0.05) is 0 Å². The van der Waals surface area contributed by atoms with E-state index in [0.717, 1.165) is 0 Å². The number of carbonyl (C=O) groups is 1. The van der Waals surface area contributed by atoms with Gasteiger partial charge >= 0.3 is 0 Å². The average molecular weight is 252 g/mol. The van der Waals surface area contributed by atoms with Crippen LogP contribution in [0.4, 0.5) is 5.82 Å². The van der Waals surface area contributed by atoms with E-state index in [1.165, 1.54) is 0 Å². The first-order chi connectivity index (χ1) is 8.05. The van der Waals surface area contributed by atoms with E-state index in [1.807, 2.05) is 47.7 Å². The van der Waals surface area contributed by atoms with Crippen LogP contribution in [-0.2, 0) is 4.79 Å². The highest BCUT2D eigenvalue weighted by atomic mass is 16.2. The summed E-state index contributed by atoms with van der Waals surface area (Å²) in [4.78, 5) is 12.2. The second kappa shape index (κ2) is 4.72. The number of aromatic nitrogens is 2. The zero-order chi connectivity index (χ0) is 14.1. The fourth-order valence-electron chi connectivity index (χ4n) is 1.26. The van der Waals surface area contributed by atoms with Gasteiger partial charge in [-0.2, -0.15) is 5.10 Å². The first-order valence-corrected chi connectivity index (χ1v) is 6.21. The fraction of sp³-hybridized carbons (Fsp3) is 0.692. The summed E-state index contributed by atoms with van der Waals surface area (Å²) < 4.78 is 1.80. The summed E-state index contributed by atoms with van der Waals surface area (Å²) in [5.41, 5.74) is 4.76. The van der Waals surface area contributed by atoms with E-state index in [4.69, 9.17) is 5.73 Å². The van der Waals surface area contributed by atoms with Crippen LogP contribution >= 0.6 is 0 Å². The van der Waals surface area contributed by atoms with Crippen LogP contribution in [0.15, 0.2) is 12.3 Å². The maximum atomic E-state index is 12.2. The van der Waals surface area contributed by atoms with Gasteiger partial charge in [0.25, 0.3) is 0 Å². The SMILES string of the molecule is CC(C)n1ccc(NC(=O)C(C)(C)C(C)(C)N)n1. The number of hydrogen-bond acceptors (Lipinski definition) is 3. The molecule has 0 aliphatic rings. The predicted octanol–water partition coefficient (Wildman–Crippen LogP) is 2.17. The average Bonchev–Trinajstić information content (AvgIpc) is 2.64. The van der Waals surface area contributed by atoms with E-state index in [1.54, 1.807) is 10.7 Å². The molecule has 0 spiro atoms. The quantitative estimate of drug-likeness (QED) is 0.862. The van der Waals surface area contributed by atoms with E-state index in [9.17, 15) is 4.79 Å². The number of nitrogens with zero attached hydrogens (tertiary/aromatic N) is 2. The largest absolute Gasteiger partial charge is 0.325 e. The standard InChI is InChI=1S/C13H24N4O/c1-9(2)17-8-7-10(16-17)15-11(18)12(3,4)13(5,6)14/h7-9H,14H2,1-6H3,(H,15,16,18). The van der Waals surface area contributed by atoms with Crippen molar-refractivity contribution in [2.45, 2.75) is 53.1 Å². The first-order valence-electron chi connectivity index (χ1n) is 6.21. The molecule has 0 radical (unpaired) electrons. The third kappa shape index (κ3) is 2.90. The second-order valence-corrected chi connectivity index (χ2v) is 6.08. The molecular weight excluding hydrogens is 228 g/mol. The Labute approximate surface area is 109 Å². The van der Waals surface area contributed by atoms with Crippen LogP contribution in [0.1, 0.15) is 47.6 Å². The molecule has 0 fully saturated rings. The van der Waals surface area contributed by atoms with Gasteiger partial charge < -0.3 is 11.1 Å². The molecule has 102 valence electrons. The summed E-state index contributed by atoms with van der Waals surface area (Å²) in [7, 11) is 0. The highest BCUT2D eigenvalue weighted by Crippen LogP contribution is 2.29. The molecule has 0 atom stereocenters. The smallest absolute Gasteiger partial charge is 0.233 e. The summed E-state index contributed by atoms with van der Waals surface area (Å²) in [5, 5.41) is 7.10. The minimum Gasteiger partial charge on any atom is -0.325 e. The lowest BCUT2D eigenvalue weighted by Gasteiger charge is -2.36. The number of carbonyl (C=O) groups excluding carboxylic acids is 1. The van der Waals surface area contributed by atoms with Crippen molar-refractivity contribution in [2.24, 2.45) is 11.1 Å². The molecule has 1 aromatic heterocycles. The van der Waals surface area contributed by atoms with E-state index in [0.29, 0.717) is 5.82 Å². The van der Waals surface area contributed by atoms with Gasteiger partial charge in [0.2, 0.25) is 5.91 Å². The Hall–Kier alpha value is -1.36. The molecule has 0 saturated carbocycles. The second-order valence-electron chi connectivity index (χ2n) is 6.08. The maximum absolute atomic E-state index is 12.2. The van der Waals surface area contributed by atoms with Gasteiger partial charge in [0.1, 0.15) is 0 Å². The van der Waals surface area contributed by atoms with Crippen molar-refractivity contribution >= 4 is 11.7 Å². The maximum Gasteiger partial charge on any atom is 0.233 e. The van der Waals surface area contributed by atoms with Gasteiger partial charge in [-0.15, -0.1) is 0 Å².